The highest BCUT2D eigenvalue weighted by Gasteiger charge is 2.20. The summed E-state index contributed by atoms with van der Waals surface area (Å²) in [4.78, 5) is 15.3. The van der Waals surface area contributed by atoms with Crippen molar-refractivity contribution in [1.29, 1.82) is 0 Å². The molecule has 7 heteroatoms. The predicted molar refractivity (Wildman–Crippen MR) is 114 cm³/mol. The Bertz CT molecular complexity index is 972. The number of hydrogen-bond donors (Lipinski definition) is 1. The molecule has 27 heavy (non-hydrogen) atoms. The Hall–Kier alpha value is -1.79. The molecule has 0 fully saturated rings. The third kappa shape index (κ3) is 4.38. The van der Waals surface area contributed by atoms with Gasteiger partial charge in [-0.2, -0.15) is 0 Å². The number of hydrogen-bond acceptors (Lipinski definition) is 4. The van der Waals surface area contributed by atoms with Crippen LogP contribution >= 0.6 is 34.5 Å². The van der Waals surface area contributed by atoms with Gasteiger partial charge in [0.1, 0.15) is 10.6 Å². The number of methoxy groups -OCH3 is 1. The molecule has 1 atom stereocenters. The fraction of sp³-hybridized carbons (Fsp3) is 0.250. The van der Waals surface area contributed by atoms with E-state index < -0.39 is 0 Å². The number of rotatable bonds is 6. The monoisotopic (exact) mass is 422 g/mol. The van der Waals surface area contributed by atoms with Gasteiger partial charge >= 0.3 is 0 Å². The quantitative estimate of drug-likeness (QED) is 0.589. The van der Waals surface area contributed by atoms with Crippen LogP contribution in [0.2, 0.25) is 10.0 Å². The minimum Gasteiger partial charge on any atom is -0.497 e. The maximum Gasteiger partial charge on any atom is 0.262 e. The molecule has 4 nitrogen and oxygen atoms in total. The molecule has 142 valence electrons. The Kier molecular flexibility index (Phi) is 6.27. The lowest BCUT2D eigenvalue weighted by Gasteiger charge is -2.25. The van der Waals surface area contributed by atoms with Crippen LogP contribution in [-0.2, 0) is 0 Å². The van der Waals surface area contributed by atoms with E-state index in [0.29, 0.717) is 21.5 Å². The second-order valence-corrected chi connectivity index (χ2v) is 8.22. The van der Waals surface area contributed by atoms with Crippen LogP contribution in [0.1, 0.15) is 21.3 Å². The minimum absolute atomic E-state index is 0.00616. The molecular formula is C20H20Cl2N2O2S. The average molecular weight is 423 g/mol. The normalized spacial score (nSPS) is 12.4. The Labute approximate surface area is 172 Å². The van der Waals surface area contributed by atoms with Gasteiger partial charge in [-0.3, -0.25) is 4.79 Å². The van der Waals surface area contributed by atoms with Crippen LogP contribution in [0.25, 0.3) is 10.1 Å². The van der Waals surface area contributed by atoms with Crippen LogP contribution in [0.15, 0.2) is 42.5 Å². The van der Waals surface area contributed by atoms with E-state index in [9.17, 15) is 4.79 Å². The lowest BCUT2D eigenvalue weighted by atomic mass is 10.1. The fourth-order valence-electron chi connectivity index (χ4n) is 2.90. The van der Waals surface area contributed by atoms with E-state index in [-0.39, 0.29) is 11.9 Å². The lowest BCUT2D eigenvalue weighted by Crippen LogP contribution is -2.34. The van der Waals surface area contributed by atoms with Crippen LogP contribution in [-0.4, -0.2) is 38.6 Å². The first-order valence-electron chi connectivity index (χ1n) is 8.37. The number of nitrogens with one attached hydrogen (secondary N) is 1. The molecule has 0 aliphatic carbocycles. The summed E-state index contributed by atoms with van der Waals surface area (Å²) in [5.74, 6) is 0.599. The van der Waals surface area contributed by atoms with Gasteiger partial charge in [0.2, 0.25) is 0 Å². The van der Waals surface area contributed by atoms with E-state index in [4.69, 9.17) is 27.9 Å². The van der Waals surface area contributed by atoms with E-state index >= 15 is 0 Å². The Balaban J connectivity index is 1.79. The Morgan fingerprint density at radius 2 is 2.00 bits per heavy atom. The molecule has 3 aromatic rings. The molecule has 1 N–H and O–H groups in total. The maximum absolute atomic E-state index is 12.7. The third-order valence-corrected chi connectivity index (χ3v) is 6.25. The van der Waals surface area contributed by atoms with Crippen molar-refractivity contribution >= 4 is 50.5 Å². The molecule has 0 bridgehead atoms. The number of carbonyl (C=O) groups is 1. The zero-order valence-corrected chi connectivity index (χ0v) is 17.6. The van der Waals surface area contributed by atoms with Gasteiger partial charge in [-0.25, -0.2) is 0 Å². The Morgan fingerprint density at radius 1 is 1.22 bits per heavy atom. The van der Waals surface area contributed by atoms with Crippen molar-refractivity contribution in [3.63, 3.8) is 0 Å². The van der Waals surface area contributed by atoms with Gasteiger partial charge in [-0.1, -0.05) is 41.4 Å². The second kappa shape index (κ2) is 8.48. The molecule has 0 aliphatic heterocycles. The summed E-state index contributed by atoms with van der Waals surface area (Å²) in [6, 6.07) is 13.3. The zero-order chi connectivity index (χ0) is 19.6. The summed E-state index contributed by atoms with van der Waals surface area (Å²) >= 11 is 13.8. The summed E-state index contributed by atoms with van der Waals surface area (Å²) in [6.45, 7) is 0.449. The molecule has 2 aromatic carbocycles. The summed E-state index contributed by atoms with van der Waals surface area (Å²) in [5, 5.41) is 4.93. The van der Waals surface area contributed by atoms with Gasteiger partial charge in [0.15, 0.2) is 0 Å². The first-order valence-corrected chi connectivity index (χ1v) is 9.94. The molecular weight excluding hydrogens is 403 g/mol. The fourth-order valence-corrected chi connectivity index (χ4v) is 4.61. The molecule has 0 saturated heterocycles. The first kappa shape index (κ1) is 20.0. The SMILES string of the molecule is COc1cccc(C(CNC(=O)c2sc3cc(Cl)ccc3c2Cl)N(C)C)c1. The number of likely N-dealkylation sites (N-methyl/N-ethyl adjacent to an activating group) is 1. The van der Waals surface area contributed by atoms with E-state index in [1.165, 1.54) is 11.3 Å². The van der Waals surface area contributed by atoms with Crippen LogP contribution < -0.4 is 10.1 Å². The van der Waals surface area contributed by atoms with Crippen LogP contribution in [0.5, 0.6) is 5.75 Å². The summed E-state index contributed by atoms with van der Waals surface area (Å²) in [6.07, 6.45) is 0. The first-order chi connectivity index (χ1) is 12.9. The number of halogens is 2. The van der Waals surface area contributed by atoms with Crippen molar-refractivity contribution in [3.8, 4) is 5.75 Å². The van der Waals surface area contributed by atoms with E-state index in [1.54, 1.807) is 13.2 Å². The highest BCUT2D eigenvalue weighted by molar-refractivity contribution is 7.21. The van der Waals surface area contributed by atoms with Crippen molar-refractivity contribution in [2.24, 2.45) is 0 Å². The van der Waals surface area contributed by atoms with Crippen molar-refractivity contribution in [1.82, 2.24) is 10.2 Å². The van der Waals surface area contributed by atoms with E-state index in [2.05, 4.69) is 10.2 Å². The molecule has 1 aromatic heterocycles. The van der Waals surface area contributed by atoms with Crippen molar-refractivity contribution in [2.45, 2.75) is 6.04 Å². The number of thiophene rings is 1. The minimum atomic E-state index is -0.188. The van der Waals surface area contributed by atoms with Crippen molar-refractivity contribution in [3.05, 3.63) is 63.0 Å². The average Bonchev–Trinajstić information content (AvgIpc) is 2.97. The van der Waals surface area contributed by atoms with Crippen molar-refractivity contribution in [2.75, 3.05) is 27.7 Å². The topological polar surface area (TPSA) is 41.6 Å². The summed E-state index contributed by atoms with van der Waals surface area (Å²) < 4.78 is 6.20. The van der Waals surface area contributed by atoms with Gasteiger partial charge in [0.25, 0.3) is 5.91 Å². The molecule has 1 heterocycles. The summed E-state index contributed by atoms with van der Waals surface area (Å²) in [7, 11) is 5.59. The number of nitrogens with zero attached hydrogens (tertiary/aromatic N) is 1. The van der Waals surface area contributed by atoms with Gasteiger partial charge < -0.3 is 15.0 Å². The molecule has 3 rings (SSSR count). The predicted octanol–water partition coefficient (Wildman–Crippen LogP) is 5.25. The molecule has 0 radical (unpaired) electrons. The van der Waals surface area contributed by atoms with Crippen molar-refractivity contribution < 1.29 is 9.53 Å². The highest BCUT2D eigenvalue weighted by Crippen LogP contribution is 2.36. The summed E-state index contributed by atoms with van der Waals surface area (Å²) in [5.41, 5.74) is 1.06. The van der Waals surface area contributed by atoms with Gasteiger partial charge in [-0.15, -0.1) is 11.3 Å². The lowest BCUT2D eigenvalue weighted by molar-refractivity contribution is 0.0946. The number of amides is 1. The van der Waals surface area contributed by atoms with Gasteiger partial charge in [0.05, 0.1) is 18.2 Å². The van der Waals surface area contributed by atoms with Gasteiger partial charge in [0, 0.05) is 21.7 Å². The number of benzene rings is 2. The number of carbonyl (C=O) groups excluding carboxylic acids is 1. The van der Waals surface area contributed by atoms with E-state index in [1.807, 2.05) is 50.5 Å². The van der Waals surface area contributed by atoms with Gasteiger partial charge in [-0.05, 0) is 43.9 Å². The molecule has 0 saturated carbocycles. The van der Waals surface area contributed by atoms with Crippen LogP contribution in [0.4, 0.5) is 0 Å². The number of ether oxygens (including phenoxy) is 1. The molecule has 0 spiro atoms. The third-order valence-electron chi connectivity index (χ3n) is 4.36. The smallest absolute Gasteiger partial charge is 0.262 e. The standard InChI is InChI=1S/C20H20Cl2N2O2S/c1-24(2)16(12-5-4-6-14(9-12)26-3)11-23-20(25)19-18(22)15-8-7-13(21)10-17(15)27-19/h4-10,16H,11H2,1-3H3,(H,23,25). The van der Waals surface area contributed by atoms with Crippen LogP contribution in [0, 0.1) is 0 Å². The van der Waals surface area contributed by atoms with Crippen LogP contribution in [0.3, 0.4) is 0 Å². The molecule has 0 aliphatic rings. The maximum atomic E-state index is 12.7. The second-order valence-electron chi connectivity index (χ2n) is 6.35. The van der Waals surface area contributed by atoms with E-state index in [0.717, 1.165) is 21.4 Å². The molecule has 1 amide bonds. The highest BCUT2D eigenvalue weighted by atomic mass is 35.5. The number of fused-ring (bicyclic) bond motifs is 1. The largest absolute Gasteiger partial charge is 0.497 e. The zero-order valence-electron chi connectivity index (χ0n) is 15.3. The molecule has 1 unspecified atom stereocenters. The Morgan fingerprint density at radius 3 is 2.70 bits per heavy atom.